The van der Waals surface area contributed by atoms with Gasteiger partial charge in [0.15, 0.2) is 0 Å². The molecular weight excluding hydrogens is 461 g/mol. The Hall–Kier alpha value is -3.34. The highest BCUT2D eigenvalue weighted by Crippen LogP contribution is 2.24. The molecule has 3 aromatic rings. The molecule has 3 aromatic carbocycles. The Bertz CT molecular complexity index is 1320. The van der Waals surface area contributed by atoms with E-state index in [0.717, 1.165) is 27.2 Å². The SMILES string of the molecule is O=C(CCNC(=O)c1ccc2ccccc2c1)Nc1ccc(F)c(S(=O)(=O)N2CCOCC2)c1. The Morgan fingerprint density at radius 2 is 1.71 bits per heavy atom. The zero-order valence-corrected chi connectivity index (χ0v) is 19.1. The molecule has 4 rings (SSSR count). The highest BCUT2D eigenvalue weighted by atomic mass is 32.2. The van der Waals surface area contributed by atoms with Crippen LogP contribution in [0.3, 0.4) is 0 Å². The molecule has 0 aliphatic carbocycles. The Kier molecular flexibility index (Phi) is 7.20. The highest BCUT2D eigenvalue weighted by Gasteiger charge is 2.29. The quantitative estimate of drug-likeness (QED) is 0.536. The molecule has 1 aliphatic rings. The van der Waals surface area contributed by atoms with Crippen LogP contribution in [-0.4, -0.2) is 57.4 Å². The van der Waals surface area contributed by atoms with Gasteiger partial charge in [-0.05, 0) is 41.1 Å². The van der Waals surface area contributed by atoms with E-state index < -0.39 is 26.6 Å². The summed E-state index contributed by atoms with van der Waals surface area (Å²) in [7, 11) is -4.06. The summed E-state index contributed by atoms with van der Waals surface area (Å²) >= 11 is 0. The number of halogens is 1. The molecule has 34 heavy (non-hydrogen) atoms. The number of nitrogens with zero attached hydrogens (tertiary/aromatic N) is 1. The molecule has 1 fully saturated rings. The first-order valence-electron chi connectivity index (χ1n) is 10.8. The van der Waals surface area contributed by atoms with Gasteiger partial charge in [-0.3, -0.25) is 9.59 Å². The molecule has 0 spiro atoms. The van der Waals surface area contributed by atoms with Crippen molar-refractivity contribution in [2.45, 2.75) is 11.3 Å². The van der Waals surface area contributed by atoms with E-state index in [2.05, 4.69) is 10.6 Å². The van der Waals surface area contributed by atoms with Crippen LogP contribution in [-0.2, 0) is 19.6 Å². The van der Waals surface area contributed by atoms with Crippen molar-refractivity contribution in [2.75, 3.05) is 38.2 Å². The normalized spacial score (nSPS) is 14.6. The number of hydrogen-bond acceptors (Lipinski definition) is 5. The number of hydrogen-bond donors (Lipinski definition) is 2. The summed E-state index contributed by atoms with van der Waals surface area (Å²) in [6.45, 7) is 0.826. The largest absolute Gasteiger partial charge is 0.379 e. The summed E-state index contributed by atoms with van der Waals surface area (Å²) in [6, 6.07) is 16.4. The minimum absolute atomic E-state index is 0.0394. The van der Waals surface area contributed by atoms with Crippen molar-refractivity contribution in [3.63, 3.8) is 0 Å². The minimum Gasteiger partial charge on any atom is -0.379 e. The fourth-order valence-electron chi connectivity index (χ4n) is 3.65. The van der Waals surface area contributed by atoms with Crippen LogP contribution in [0.2, 0.25) is 0 Å². The number of rotatable bonds is 7. The van der Waals surface area contributed by atoms with Gasteiger partial charge in [-0.2, -0.15) is 4.31 Å². The minimum atomic E-state index is -4.06. The molecule has 0 atom stereocenters. The van der Waals surface area contributed by atoms with E-state index in [0.29, 0.717) is 5.56 Å². The van der Waals surface area contributed by atoms with Gasteiger partial charge >= 0.3 is 0 Å². The van der Waals surface area contributed by atoms with Crippen LogP contribution in [0.1, 0.15) is 16.8 Å². The van der Waals surface area contributed by atoms with Crippen LogP contribution in [0.5, 0.6) is 0 Å². The highest BCUT2D eigenvalue weighted by molar-refractivity contribution is 7.89. The van der Waals surface area contributed by atoms with E-state index in [1.807, 2.05) is 30.3 Å². The molecule has 2 amide bonds. The Labute approximate surface area is 196 Å². The van der Waals surface area contributed by atoms with Crippen LogP contribution in [0.15, 0.2) is 65.6 Å². The van der Waals surface area contributed by atoms with Crippen molar-refractivity contribution < 1.29 is 27.1 Å². The van der Waals surface area contributed by atoms with E-state index in [4.69, 9.17) is 4.74 Å². The number of anilines is 1. The maximum Gasteiger partial charge on any atom is 0.251 e. The van der Waals surface area contributed by atoms with Gasteiger partial charge in [0.05, 0.1) is 13.2 Å². The monoisotopic (exact) mass is 485 g/mol. The van der Waals surface area contributed by atoms with Crippen molar-refractivity contribution in [3.05, 3.63) is 72.0 Å². The van der Waals surface area contributed by atoms with Gasteiger partial charge in [0.25, 0.3) is 5.91 Å². The third kappa shape index (κ3) is 5.41. The second kappa shape index (κ2) is 10.3. The van der Waals surface area contributed by atoms with E-state index in [1.165, 1.54) is 6.07 Å². The number of nitrogens with one attached hydrogen (secondary N) is 2. The lowest BCUT2D eigenvalue weighted by molar-refractivity contribution is -0.116. The van der Waals surface area contributed by atoms with Crippen molar-refractivity contribution in [2.24, 2.45) is 0 Å². The fraction of sp³-hybridized carbons (Fsp3) is 0.250. The molecule has 1 aliphatic heterocycles. The predicted molar refractivity (Wildman–Crippen MR) is 126 cm³/mol. The van der Waals surface area contributed by atoms with E-state index in [1.54, 1.807) is 12.1 Å². The molecule has 1 saturated heterocycles. The molecule has 178 valence electrons. The zero-order valence-electron chi connectivity index (χ0n) is 18.3. The average Bonchev–Trinajstić information content (AvgIpc) is 2.85. The molecule has 1 heterocycles. The Morgan fingerprint density at radius 1 is 0.971 bits per heavy atom. The smallest absolute Gasteiger partial charge is 0.251 e. The number of sulfonamides is 1. The van der Waals surface area contributed by atoms with Gasteiger partial charge in [0, 0.05) is 37.3 Å². The number of morpholine rings is 1. The molecule has 10 heteroatoms. The molecule has 0 radical (unpaired) electrons. The third-order valence-corrected chi connectivity index (χ3v) is 7.37. The standard InChI is InChI=1S/C24H24FN3O5S/c25-21-8-7-20(16-22(21)34(31,32)28-11-13-33-14-12-28)27-23(29)9-10-26-24(30)19-6-5-17-3-1-2-4-18(17)15-19/h1-8,15-16H,9-14H2,(H,26,30)(H,27,29). The van der Waals surface area contributed by atoms with E-state index in [9.17, 15) is 22.4 Å². The molecular formula is C24H24FN3O5S. The molecule has 0 saturated carbocycles. The number of fused-ring (bicyclic) bond motifs is 1. The average molecular weight is 486 g/mol. The number of amides is 2. The summed E-state index contributed by atoms with van der Waals surface area (Å²) in [5.41, 5.74) is 0.634. The van der Waals surface area contributed by atoms with Gasteiger partial charge in [-0.25, -0.2) is 12.8 Å². The maximum atomic E-state index is 14.3. The summed E-state index contributed by atoms with van der Waals surface area (Å²) in [4.78, 5) is 24.2. The van der Waals surface area contributed by atoms with Gasteiger partial charge in [-0.15, -0.1) is 0 Å². The van der Waals surface area contributed by atoms with Gasteiger partial charge in [0.2, 0.25) is 15.9 Å². The lowest BCUT2D eigenvalue weighted by Crippen LogP contribution is -2.40. The third-order valence-electron chi connectivity index (χ3n) is 5.45. The first-order chi connectivity index (χ1) is 16.3. The molecule has 2 N–H and O–H groups in total. The van der Waals surface area contributed by atoms with Crippen LogP contribution in [0.25, 0.3) is 10.8 Å². The molecule has 8 nitrogen and oxygen atoms in total. The van der Waals surface area contributed by atoms with Crippen LogP contribution >= 0.6 is 0 Å². The van der Waals surface area contributed by atoms with Crippen molar-refractivity contribution in [1.82, 2.24) is 9.62 Å². The van der Waals surface area contributed by atoms with Gasteiger partial charge < -0.3 is 15.4 Å². The van der Waals surface area contributed by atoms with Crippen molar-refractivity contribution in [3.8, 4) is 0 Å². The van der Waals surface area contributed by atoms with Crippen molar-refractivity contribution >= 4 is 38.3 Å². The first-order valence-corrected chi connectivity index (χ1v) is 12.2. The predicted octanol–water partition coefficient (Wildman–Crippen LogP) is 2.76. The lowest BCUT2D eigenvalue weighted by Gasteiger charge is -2.26. The number of carbonyl (C=O) groups excluding carboxylic acids is 2. The van der Waals surface area contributed by atoms with Gasteiger partial charge in [0.1, 0.15) is 10.7 Å². The summed E-state index contributed by atoms with van der Waals surface area (Å²) in [6.07, 6.45) is -0.0394. The van der Waals surface area contributed by atoms with Crippen LogP contribution in [0, 0.1) is 5.82 Å². The lowest BCUT2D eigenvalue weighted by atomic mass is 10.1. The maximum absolute atomic E-state index is 14.3. The number of ether oxygens (including phenoxy) is 1. The van der Waals surface area contributed by atoms with E-state index >= 15 is 0 Å². The van der Waals surface area contributed by atoms with Crippen LogP contribution < -0.4 is 10.6 Å². The molecule has 0 unspecified atom stereocenters. The Balaban J connectivity index is 1.34. The van der Waals surface area contributed by atoms with Crippen molar-refractivity contribution in [1.29, 1.82) is 0 Å². The number of carbonyl (C=O) groups is 2. The molecule has 0 aromatic heterocycles. The topological polar surface area (TPSA) is 105 Å². The Morgan fingerprint density at radius 3 is 2.47 bits per heavy atom. The summed E-state index contributed by atoms with van der Waals surface area (Å²) in [5.74, 6) is -1.65. The second-order valence-electron chi connectivity index (χ2n) is 7.78. The zero-order chi connectivity index (χ0) is 24.1. The van der Waals surface area contributed by atoms with Crippen LogP contribution in [0.4, 0.5) is 10.1 Å². The summed E-state index contributed by atoms with van der Waals surface area (Å²) < 4.78 is 46.2. The fourth-order valence-corrected chi connectivity index (χ4v) is 5.15. The first kappa shape index (κ1) is 23.8. The molecule has 0 bridgehead atoms. The number of benzene rings is 3. The second-order valence-corrected chi connectivity index (χ2v) is 9.68. The summed E-state index contributed by atoms with van der Waals surface area (Å²) in [5, 5.41) is 7.21. The van der Waals surface area contributed by atoms with E-state index in [-0.39, 0.29) is 50.9 Å². The van der Waals surface area contributed by atoms with Gasteiger partial charge in [-0.1, -0.05) is 30.3 Å².